The molecule has 0 fully saturated rings. The second-order valence-corrected chi connectivity index (χ2v) is 4.43. The van der Waals surface area contributed by atoms with Crippen LogP contribution in [0.3, 0.4) is 0 Å². The predicted octanol–water partition coefficient (Wildman–Crippen LogP) is 2.65. The molecular weight excluding hydrogens is 256 g/mol. The number of aromatic nitrogens is 1. The topological polar surface area (TPSA) is 79.3 Å². The SMILES string of the molecule is Cc1cccc(C(=O)Nc2cnccc2C(=O)O)c1C. The fourth-order valence-corrected chi connectivity index (χ4v) is 1.87. The van der Waals surface area contributed by atoms with Gasteiger partial charge in [-0.25, -0.2) is 4.79 Å². The van der Waals surface area contributed by atoms with E-state index in [1.807, 2.05) is 19.9 Å². The van der Waals surface area contributed by atoms with Crippen LogP contribution in [0, 0.1) is 13.8 Å². The number of benzene rings is 1. The summed E-state index contributed by atoms with van der Waals surface area (Å²) < 4.78 is 0. The van der Waals surface area contributed by atoms with Crippen molar-refractivity contribution in [3.05, 3.63) is 58.9 Å². The van der Waals surface area contributed by atoms with E-state index < -0.39 is 5.97 Å². The quantitative estimate of drug-likeness (QED) is 0.898. The van der Waals surface area contributed by atoms with E-state index in [0.29, 0.717) is 5.56 Å². The largest absolute Gasteiger partial charge is 0.478 e. The zero-order valence-electron chi connectivity index (χ0n) is 11.2. The molecule has 0 aliphatic heterocycles. The molecule has 1 aromatic carbocycles. The van der Waals surface area contributed by atoms with Crippen molar-refractivity contribution >= 4 is 17.6 Å². The molecule has 0 aliphatic carbocycles. The number of hydrogen-bond acceptors (Lipinski definition) is 3. The maximum absolute atomic E-state index is 12.2. The molecule has 1 aromatic heterocycles. The second-order valence-electron chi connectivity index (χ2n) is 4.43. The fraction of sp³-hybridized carbons (Fsp3) is 0.133. The monoisotopic (exact) mass is 270 g/mol. The number of amides is 1. The van der Waals surface area contributed by atoms with Crippen molar-refractivity contribution in [1.29, 1.82) is 0 Å². The van der Waals surface area contributed by atoms with E-state index in [4.69, 9.17) is 5.11 Å². The molecule has 2 N–H and O–H groups in total. The Morgan fingerprint density at radius 3 is 2.60 bits per heavy atom. The number of carboxylic acids is 1. The highest BCUT2D eigenvalue weighted by Gasteiger charge is 2.15. The summed E-state index contributed by atoms with van der Waals surface area (Å²) in [5.41, 5.74) is 2.59. The smallest absolute Gasteiger partial charge is 0.337 e. The maximum atomic E-state index is 12.2. The van der Waals surface area contributed by atoms with Crippen LogP contribution in [-0.4, -0.2) is 22.0 Å². The van der Waals surface area contributed by atoms with Crippen molar-refractivity contribution in [3.63, 3.8) is 0 Å². The van der Waals surface area contributed by atoms with E-state index in [9.17, 15) is 9.59 Å². The Hall–Kier alpha value is -2.69. The number of carboxylic acid groups (broad SMARTS) is 1. The molecule has 5 nitrogen and oxygen atoms in total. The summed E-state index contributed by atoms with van der Waals surface area (Å²) in [6.07, 6.45) is 2.70. The van der Waals surface area contributed by atoms with E-state index in [0.717, 1.165) is 11.1 Å². The van der Waals surface area contributed by atoms with Crippen LogP contribution in [0.2, 0.25) is 0 Å². The van der Waals surface area contributed by atoms with Crippen LogP contribution in [0.4, 0.5) is 5.69 Å². The van der Waals surface area contributed by atoms with Gasteiger partial charge in [0, 0.05) is 11.8 Å². The van der Waals surface area contributed by atoms with Crippen LogP contribution >= 0.6 is 0 Å². The van der Waals surface area contributed by atoms with Gasteiger partial charge in [0.15, 0.2) is 0 Å². The van der Waals surface area contributed by atoms with Crippen LogP contribution in [-0.2, 0) is 0 Å². The third kappa shape index (κ3) is 2.66. The molecule has 102 valence electrons. The Morgan fingerprint density at radius 2 is 1.90 bits per heavy atom. The molecule has 0 atom stereocenters. The van der Waals surface area contributed by atoms with Crippen LogP contribution in [0.15, 0.2) is 36.7 Å². The first kappa shape index (κ1) is 13.7. The normalized spacial score (nSPS) is 10.1. The van der Waals surface area contributed by atoms with Crippen molar-refractivity contribution in [2.45, 2.75) is 13.8 Å². The Balaban J connectivity index is 2.33. The van der Waals surface area contributed by atoms with Gasteiger partial charge in [-0.1, -0.05) is 12.1 Å². The van der Waals surface area contributed by atoms with Gasteiger partial charge < -0.3 is 10.4 Å². The van der Waals surface area contributed by atoms with E-state index in [1.54, 1.807) is 12.1 Å². The number of aryl methyl sites for hydroxylation is 1. The van der Waals surface area contributed by atoms with Crippen LogP contribution < -0.4 is 5.32 Å². The molecular formula is C15H14N2O3. The van der Waals surface area contributed by atoms with Crippen molar-refractivity contribution in [2.75, 3.05) is 5.32 Å². The van der Waals surface area contributed by atoms with Gasteiger partial charge in [0.25, 0.3) is 5.91 Å². The summed E-state index contributed by atoms with van der Waals surface area (Å²) in [4.78, 5) is 27.1. The number of anilines is 1. The molecule has 5 heteroatoms. The molecule has 0 spiro atoms. The average Bonchev–Trinajstić information content (AvgIpc) is 2.42. The molecule has 2 rings (SSSR count). The second kappa shape index (κ2) is 5.52. The lowest BCUT2D eigenvalue weighted by Crippen LogP contribution is -2.16. The lowest BCUT2D eigenvalue weighted by Gasteiger charge is -2.10. The molecule has 2 aromatic rings. The number of carbonyl (C=O) groups is 2. The molecule has 0 aliphatic rings. The molecule has 0 saturated heterocycles. The predicted molar refractivity (Wildman–Crippen MR) is 75.1 cm³/mol. The number of nitrogens with one attached hydrogen (secondary N) is 1. The third-order valence-corrected chi connectivity index (χ3v) is 3.15. The highest BCUT2D eigenvalue weighted by molar-refractivity contribution is 6.08. The van der Waals surface area contributed by atoms with E-state index in [1.165, 1.54) is 18.5 Å². The fourth-order valence-electron chi connectivity index (χ4n) is 1.87. The molecule has 0 unspecified atom stereocenters. The zero-order valence-corrected chi connectivity index (χ0v) is 11.2. The minimum absolute atomic E-state index is 0.0126. The number of nitrogens with zero attached hydrogens (tertiary/aromatic N) is 1. The number of aromatic carboxylic acids is 1. The first-order valence-electron chi connectivity index (χ1n) is 6.05. The molecule has 0 saturated carbocycles. The maximum Gasteiger partial charge on any atom is 0.337 e. The number of carbonyl (C=O) groups excluding carboxylic acids is 1. The number of pyridine rings is 1. The van der Waals surface area contributed by atoms with Gasteiger partial charge >= 0.3 is 5.97 Å². The number of rotatable bonds is 3. The van der Waals surface area contributed by atoms with Gasteiger partial charge in [-0.15, -0.1) is 0 Å². The van der Waals surface area contributed by atoms with Crippen molar-refractivity contribution in [1.82, 2.24) is 4.98 Å². The van der Waals surface area contributed by atoms with E-state index in [-0.39, 0.29) is 17.2 Å². The summed E-state index contributed by atoms with van der Waals surface area (Å²) in [6, 6.07) is 6.76. The highest BCUT2D eigenvalue weighted by Crippen LogP contribution is 2.17. The van der Waals surface area contributed by atoms with Gasteiger partial charge in [-0.2, -0.15) is 0 Å². The molecule has 20 heavy (non-hydrogen) atoms. The lowest BCUT2D eigenvalue weighted by atomic mass is 10.0. The molecule has 0 bridgehead atoms. The van der Waals surface area contributed by atoms with Crippen molar-refractivity contribution in [2.24, 2.45) is 0 Å². The van der Waals surface area contributed by atoms with Crippen molar-refractivity contribution < 1.29 is 14.7 Å². The summed E-state index contributed by atoms with van der Waals surface area (Å²) in [5, 5.41) is 11.7. The van der Waals surface area contributed by atoms with Crippen LogP contribution in [0.25, 0.3) is 0 Å². The summed E-state index contributed by atoms with van der Waals surface area (Å²) in [7, 11) is 0. The van der Waals surface area contributed by atoms with Gasteiger partial charge in [0.1, 0.15) is 0 Å². The van der Waals surface area contributed by atoms with Crippen LogP contribution in [0.1, 0.15) is 31.8 Å². The standard InChI is InChI=1S/C15H14N2O3/c1-9-4-3-5-11(10(9)2)14(18)17-13-8-16-7-6-12(13)15(19)20/h3-8H,1-2H3,(H,17,18)(H,19,20). The Kier molecular flexibility index (Phi) is 3.79. The van der Waals surface area contributed by atoms with Gasteiger partial charge in [-0.3, -0.25) is 9.78 Å². The summed E-state index contributed by atoms with van der Waals surface area (Å²) >= 11 is 0. The minimum Gasteiger partial charge on any atom is -0.478 e. The highest BCUT2D eigenvalue weighted by atomic mass is 16.4. The number of hydrogen-bond donors (Lipinski definition) is 2. The summed E-state index contributed by atoms with van der Waals surface area (Å²) in [5.74, 6) is -1.45. The first-order valence-corrected chi connectivity index (χ1v) is 6.05. The van der Waals surface area contributed by atoms with Gasteiger partial charge in [0.05, 0.1) is 17.4 Å². The Bertz CT molecular complexity index is 681. The summed E-state index contributed by atoms with van der Waals surface area (Å²) in [6.45, 7) is 3.77. The van der Waals surface area contributed by atoms with Gasteiger partial charge in [0.2, 0.25) is 0 Å². The molecule has 0 radical (unpaired) electrons. The Labute approximate surface area is 116 Å². The average molecular weight is 270 g/mol. The Morgan fingerprint density at radius 1 is 1.15 bits per heavy atom. The minimum atomic E-state index is -1.11. The molecule has 1 amide bonds. The zero-order chi connectivity index (χ0) is 14.7. The molecule has 1 heterocycles. The van der Waals surface area contributed by atoms with Crippen molar-refractivity contribution in [3.8, 4) is 0 Å². The lowest BCUT2D eigenvalue weighted by molar-refractivity contribution is 0.0698. The first-order chi connectivity index (χ1) is 9.50. The van der Waals surface area contributed by atoms with Crippen LogP contribution in [0.5, 0.6) is 0 Å². The van der Waals surface area contributed by atoms with E-state index >= 15 is 0 Å². The third-order valence-electron chi connectivity index (χ3n) is 3.15. The van der Waals surface area contributed by atoms with Gasteiger partial charge in [-0.05, 0) is 37.1 Å². The van der Waals surface area contributed by atoms with E-state index in [2.05, 4.69) is 10.3 Å².